The second kappa shape index (κ2) is 6.50. The second-order valence-electron chi connectivity index (χ2n) is 3.09. The minimum absolute atomic E-state index is 0.198. The van der Waals surface area contributed by atoms with Crippen LogP contribution < -0.4 is 15.7 Å². The van der Waals surface area contributed by atoms with E-state index in [-0.39, 0.29) is 5.75 Å². The van der Waals surface area contributed by atoms with E-state index >= 15 is 0 Å². The fourth-order valence-corrected chi connectivity index (χ4v) is 3.10. The molecule has 0 fully saturated rings. The molecule has 2 aromatic rings. The van der Waals surface area contributed by atoms with Crippen molar-refractivity contribution in [3.05, 3.63) is 17.5 Å². The van der Waals surface area contributed by atoms with E-state index in [1.54, 1.807) is 6.07 Å². The Bertz CT molecular complexity index is 569. The summed E-state index contributed by atoms with van der Waals surface area (Å²) in [5, 5.41) is 25.7. The predicted octanol–water partition coefficient (Wildman–Crippen LogP) is 1.09. The van der Waals surface area contributed by atoms with Crippen LogP contribution in [0, 0.1) is 0 Å². The standard InChI is InChI=1S/C9H8N4O3S3/c14-6(15)4-18-9-13-12-8(19-9)11-7(16)10-5-2-1-3-17-5/h1-3H,4H2,(H,14,15)(H2,10,11,12,16)/p-1. The number of thioether (sulfide) groups is 1. The molecule has 0 aromatic carbocycles. The fourth-order valence-electron chi connectivity index (χ4n) is 1.03. The van der Waals surface area contributed by atoms with Crippen LogP contribution >= 0.6 is 34.4 Å². The number of rotatable bonds is 5. The van der Waals surface area contributed by atoms with E-state index in [1.165, 1.54) is 11.3 Å². The van der Waals surface area contributed by atoms with Crippen LogP contribution in [0.1, 0.15) is 0 Å². The largest absolute Gasteiger partial charge is 0.549 e. The summed E-state index contributed by atoms with van der Waals surface area (Å²) >= 11 is 3.49. The third-order valence-corrected chi connectivity index (χ3v) is 4.43. The Kier molecular flexibility index (Phi) is 4.71. The van der Waals surface area contributed by atoms with Crippen molar-refractivity contribution in [2.75, 3.05) is 16.4 Å². The minimum atomic E-state index is -1.18. The van der Waals surface area contributed by atoms with Gasteiger partial charge in [-0.2, -0.15) is 0 Å². The van der Waals surface area contributed by atoms with Crippen molar-refractivity contribution in [2.24, 2.45) is 0 Å². The molecule has 2 N–H and O–H groups in total. The van der Waals surface area contributed by atoms with Gasteiger partial charge in [0.05, 0.1) is 11.0 Å². The zero-order chi connectivity index (χ0) is 13.7. The van der Waals surface area contributed by atoms with E-state index in [2.05, 4.69) is 20.8 Å². The summed E-state index contributed by atoms with van der Waals surface area (Å²) in [6, 6.07) is 3.17. The zero-order valence-corrected chi connectivity index (χ0v) is 11.7. The van der Waals surface area contributed by atoms with Crippen molar-refractivity contribution in [1.82, 2.24) is 10.2 Å². The molecule has 100 valence electrons. The monoisotopic (exact) mass is 315 g/mol. The molecule has 2 heterocycles. The second-order valence-corrected chi connectivity index (χ2v) is 6.24. The van der Waals surface area contributed by atoms with Gasteiger partial charge in [-0.25, -0.2) is 4.79 Å². The third kappa shape index (κ3) is 4.50. The lowest BCUT2D eigenvalue weighted by Gasteiger charge is -2.01. The van der Waals surface area contributed by atoms with Gasteiger partial charge in [-0.1, -0.05) is 23.1 Å². The molecule has 0 bridgehead atoms. The number of carboxylic acids is 1. The number of carbonyl (C=O) groups is 2. The van der Waals surface area contributed by atoms with Crippen LogP contribution in [0.5, 0.6) is 0 Å². The molecular formula is C9H7N4O3S3-. The number of carboxylic acid groups (broad SMARTS) is 1. The van der Waals surface area contributed by atoms with Gasteiger partial charge in [0.2, 0.25) is 5.13 Å². The maximum atomic E-state index is 11.6. The Morgan fingerprint density at radius 1 is 1.37 bits per heavy atom. The van der Waals surface area contributed by atoms with E-state index in [1.807, 2.05) is 11.4 Å². The Morgan fingerprint density at radius 3 is 2.89 bits per heavy atom. The van der Waals surface area contributed by atoms with E-state index in [4.69, 9.17) is 0 Å². The molecule has 0 aliphatic heterocycles. The first-order chi connectivity index (χ1) is 9.13. The van der Waals surface area contributed by atoms with Gasteiger partial charge in [-0.15, -0.1) is 21.5 Å². The van der Waals surface area contributed by atoms with Crippen LogP contribution in [0.25, 0.3) is 0 Å². The molecule has 0 aliphatic rings. The molecule has 2 rings (SSSR count). The van der Waals surface area contributed by atoms with Crippen LogP contribution in [-0.2, 0) is 4.79 Å². The Morgan fingerprint density at radius 2 is 2.21 bits per heavy atom. The first-order valence-electron chi connectivity index (χ1n) is 4.91. The molecule has 19 heavy (non-hydrogen) atoms. The molecule has 7 nitrogen and oxygen atoms in total. The number of nitrogens with zero attached hydrogens (tertiary/aromatic N) is 2. The van der Waals surface area contributed by atoms with Crippen LogP contribution in [-0.4, -0.2) is 28.0 Å². The lowest BCUT2D eigenvalue weighted by atomic mass is 10.6. The lowest BCUT2D eigenvalue weighted by Crippen LogP contribution is -2.24. The smallest absolute Gasteiger partial charge is 0.326 e. The first kappa shape index (κ1) is 13.8. The molecule has 10 heteroatoms. The van der Waals surface area contributed by atoms with E-state index in [0.29, 0.717) is 14.5 Å². The number of aliphatic carboxylic acids is 1. The average Bonchev–Trinajstić information content (AvgIpc) is 2.98. The van der Waals surface area contributed by atoms with E-state index < -0.39 is 12.0 Å². The van der Waals surface area contributed by atoms with Crippen molar-refractivity contribution in [3.8, 4) is 0 Å². The highest BCUT2D eigenvalue weighted by atomic mass is 32.2. The summed E-state index contributed by atoms with van der Waals surface area (Å²) in [5.74, 6) is -1.37. The number of anilines is 2. The van der Waals surface area contributed by atoms with Gasteiger partial charge in [0, 0.05) is 5.75 Å². The Balaban J connectivity index is 1.85. The quantitative estimate of drug-likeness (QED) is 0.631. The number of hydrogen-bond donors (Lipinski definition) is 2. The molecule has 0 radical (unpaired) electrons. The number of amides is 2. The molecular weight excluding hydrogens is 308 g/mol. The highest BCUT2D eigenvalue weighted by Crippen LogP contribution is 2.25. The number of hydrogen-bond acceptors (Lipinski definition) is 8. The Hall–Kier alpha value is -1.65. The SMILES string of the molecule is O=C([O-])CSc1nnc(NC(=O)Nc2cccs2)s1. The molecule has 0 unspecified atom stereocenters. The summed E-state index contributed by atoms with van der Waals surface area (Å²) in [6.45, 7) is 0. The fraction of sp³-hybridized carbons (Fsp3) is 0.111. The molecule has 0 saturated heterocycles. The lowest BCUT2D eigenvalue weighted by molar-refractivity contribution is -0.301. The van der Waals surface area contributed by atoms with Crippen molar-refractivity contribution < 1.29 is 14.7 Å². The minimum Gasteiger partial charge on any atom is -0.549 e. The van der Waals surface area contributed by atoms with Gasteiger partial charge in [-0.05, 0) is 17.5 Å². The van der Waals surface area contributed by atoms with Gasteiger partial charge in [0.1, 0.15) is 0 Å². The topological polar surface area (TPSA) is 107 Å². The van der Waals surface area contributed by atoms with Gasteiger partial charge in [0.15, 0.2) is 4.34 Å². The van der Waals surface area contributed by atoms with Gasteiger partial charge < -0.3 is 9.90 Å². The predicted molar refractivity (Wildman–Crippen MR) is 72.6 cm³/mol. The molecule has 0 aliphatic carbocycles. The van der Waals surface area contributed by atoms with Crippen LogP contribution in [0.2, 0.25) is 0 Å². The normalized spacial score (nSPS) is 10.1. The van der Waals surface area contributed by atoms with E-state index in [0.717, 1.165) is 23.1 Å². The molecule has 0 saturated carbocycles. The summed E-state index contributed by atoms with van der Waals surface area (Å²) < 4.78 is 0.454. The average molecular weight is 315 g/mol. The van der Waals surface area contributed by atoms with E-state index in [9.17, 15) is 14.7 Å². The third-order valence-electron chi connectivity index (χ3n) is 1.70. The van der Waals surface area contributed by atoms with Crippen LogP contribution in [0.4, 0.5) is 14.9 Å². The van der Waals surface area contributed by atoms with Gasteiger partial charge >= 0.3 is 6.03 Å². The number of thiophene rings is 1. The van der Waals surface area contributed by atoms with Crippen LogP contribution in [0.15, 0.2) is 21.9 Å². The Labute approximate surface area is 120 Å². The number of carbonyl (C=O) groups excluding carboxylic acids is 2. The summed E-state index contributed by atoms with van der Waals surface area (Å²) in [7, 11) is 0. The maximum absolute atomic E-state index is 11.6. The summed E-state index contributed by atoms with van der Waals surface area (Å²) in [6.07, 6.45) is 0. The van der Waals surface area contributed by atoms with Crippen molar-refractivity contribution in [1.29, 1.82) is 0 Å². The number of nitrogens with one attached hydrogen (secondary N) is 2. The van der Waals surface area contributed by atoms with Crippen LogP contribution in [0.3, 0.4) is 0 Å². The van der Waals surface area contributed by atoms with Gasteiger partial charge in [-0.3, -0.25) is 10.6 Å². The molecule has 0 atom stereocenters. The van der Waals surface area contributed by atoms with Gasteiger partial charge in [0.25, 0.3) is 0 Å². The molecule has 2 aromatic heterocycles. The zero-order valence-electron chi connectivity index (χ0n) is 9.28. The summed E-state index contributed by atoms with van der Waals surface area (Å²) in [5.41, 5.74) is 0. The van der Waals surface area contributed by atoms with Crippen molar-refractivity contribution in [2.45, 2.75) is 4.34 Å². The number of aromatic nitrogens is 2. The first-order valence-corrected chi connectivity index (χ1v) is 7.59. The molecule has 2 amide bonds. The maximum Gasteiger partial charge on any atom is 0.326 e. The van der Waals surface area contributed by atoms with Crippen molar-refractivity contribution >= 4 is 56.6 Å². The highest BCUT2D eigenvalue weighted by Gasteiger charge is 2.09. The summed E-state index contributed by atoms with van der Waals surface area (Å²) in [4.78, 5) is 21.8. The number of urea groups is 1. The van der Waals surface area contributed by atoms with Crippen molar-refractivity contribution in [3.63, 3.8) is 0 Å². The molecule has 0 spiro atoms. The highest BCUT2D eigenvalue weighted by molar-refractivity contribution is 8.01.